The van der Waals surface area contributed by atoms with E-state index < -0.39 is 6.04 Å². The maximum Gasteiger partial charge on any atom is 0.270 e. The van der Waals surface area contributed by atoms with E-state index in [0.717, 1.165) is 19.5 Å². The lowest BCUT2D eigenvalue weighted by molar-refractivity contribution is -0.123. The average molecular weight is 306 g/mol. The molecule has 0 fully saturated rings. The summed E-state index contributed by atoms with van der Waals surface area (Å²) in [5.41, 5.74) is 0.311. The van der Waals surface area contributed by atoms with Crippen molar-refractivity contribution in [1.82, 2.24) is 20.9 Å². The van der Waals surface area contributed by atoms with Crippen LogP contribution in [-0.2, 0) is 4.79 Å². The van der Waals surface area contributed by atoms with E-state index in [0.29, 0.717) is 12.2 Å². The van der Waals surface area contributed by atoms with Gasteiger partial charge in [-0.3, -0.25) is 14.6 Å². The standard InChI is InChI=1S/C16H26N4O2/c1-4-8-17-10-11-19-16(22)14(12(2)3)20-15(21)13-7-5-6-9-18-13/h5-7,9,12,14,17H,4,8,10-11H2,1-3H3,(H,19,22)(H,20,21). The zero-order valence-electron chi connectivity index (χ0n) is 13.6. The van der Waals surface area contributed by atoms with Crippen LogP contribution in [0.3, 0.4) is 0 Å². The number of aromatic nitrogens is 1. The van der Waals surface area contributed by atoms with E-state index in [2.05, 4.69) is 27.9 Å². The van der Waals surface area contributed by atoms with Crippen molar-refractivity contribution in [3.63, 3.8) is 0 Å². The van der Waals surface area contributed by atoms with Gasteiger partial charge in [0.15, 0.2) is 0 Å². The molecule has 0 bridgehead atoms. The number of carbonyl (C=O) groups excluding carboxylic acids is 2. The SMILES string of the molecule is CCCNCCNC(=O)C(NC(=O)c1ccccn1)C(C)C. The lowest BCUT2D eigenvalue weighted by atomic mass is 10.0. The summed E-state index contributed by atoms with van der Waals surface area (Å²) in [5.74, 6) is -0.507. The average Bonchev–Trinajstić information content (AvgIpc) is 2.52. The van der Waals surface area contributed by atoms with Crippen molar-refractivity contribution in [2.45, 2.75) is 33.2 Å². The summed E-state index contributed by atoms with van der Waals surface area (Å²) >= 11 is 0. The van der Waals surface area contributed by atoms with E-state index in [9.17, 15) is 9.59 Å². The summed E-state index contributed by atoms with van der Waals surface area (Å²) in [7, 11) is 0. The summed E-state index contributed by atoms with van der Waals surface area (Å²) in [5, 5.41) is 8.81. The Morgan fingerprint density at radius 1 is 1.18 bits per heavy atom. The maximum absolute atomic E-state index is 12.2. The van der Waals surface area contributed by atoms with Gasteiger partial charge in [-0.1, -0.05) is 26.8 Å². The summed E-state index contributed by atoms with van der Waals surface area (Å²) in [6.45, 7) is 8.09. The van der Waals surface area contributed by atoms with Crippen molar-refractivity contribution in [2.24, 2.45) is 5.92 Å². The molecule has 0 saturated heterocycles. The highest BCUT2D eigenvalue weighted by atomic mass is 16.2. The van der Waals surface area contributed by atoms with Crippen LogP contribution >= 0.6 is 0 Å². The van der Waals surface area contributed by atoms with Crippen LogP contribution in [0.5, 0.6) is 0 Å². The molecule has 1 heterocycles. The van der Waals surface area contributed by atoms with Crippen LogP contribution in [0.25, 0.3) is 0 Å². The second kappa shape index (κ2) is 9.89. The number of nitrogens with zero attached hydrogens (tertiary/aromatic N) is 1. The van der Waals surface area contributed by atoms with Crippen molar-refractivity contribution in [3.8, 4) is 0 Å². The van der Waals surface area contributed by atoms with E-state index in [4.69, 9.17) is 0 Å². The van der Waals surface area contributed by atoms with Gasteiger partial charge in [0.25, 0.3) is 5.91 Å². The third kappa shape index (κ3) is 6.22. The predicted molar refractivity (Wildman–Crippen MR) is 86.5 cm³/mol. The zero-order valence-corrected chi connectivity index (χ0v) is 13.6. The smallest absolute Gasteiger partial charge is 0.270 e. The molecule has 0 saturated carbocycles. The van der Waals surface area contributed by atoms with Gasteiger partial charge in [0, 0.05) is 19.3 Å². The Balaban J connectivity index is 2.50. The van der Waals surface area contributed by atoms with Crippen LogP contribution in [-0.4, -0.2) is 42.5 Å². The van der Waals surface area contributed by atoms with Gasteiger partial charge in [-0.05, 0) is 31.0 Å². The second-order valence-electron chi connectivity index (χ2n) is 5.45. The van der Waals surface area contributed by atoms with E-state index in [-0.39, 0.29) is 17.7 Å². The molecule has 22 heavy (non-hydrogen) atoms. The molecule has 1 atom stereocenters. The Kier molecular flexibility index (Phi) is 8.14. The van der Waals surface area contributed by atoms with E-state index >= 15 is 0 Å². The number of pyridine rings is 1. The highest BCUT2D eigenvalue weighted by Crippen LogP contribution is 2.03. The van der Waals surface area contributed by atoms with Gasteiger partial charge in [-0.15, -0.1) is 0 Å². The summed E-state index contributed by atoms with van der Waals surface area (Å²) in [4.78, 5) is 28.3. The lowest BCUT2D eigenvalue weighted by Crippen LogP contribution is -2.50. The van der Waals surface area contributed by atoms with Crippen LogP contribution in [0.2, 0.25) is 0 Å². The lowest BCUT2D eigenvalue weighted by Gasteiger charge is -2.21. The van der Waals surface area contributed by atoms with E-state index in [1.165, 1.54) is 0 Å². The molecule has 122 valence electrons. The number of nitrogens with one attached hydrogen (secondary N) is 3. The quantitative estimate of drug-likeness (QED) is 0.593. The van der Waals surface area contributed by atoms with Crippen molar-refractivity contribution in [3.05, 3.63) is 30.1 Å². The molecular weight excluding hydrogens is 280 g/mol. The Bertz CT molecular complexity index is 462. The normalized spacial score (nSPS) is 12.0. The van der Waals surface area contributed by atoms with Gasteiger partial charge in [-0.25, -0.2) is 0 Å². The van der Waals surface area contributed by atoms with Crippen molar-refractivity contribution >= 4 is 11.8 Å². The van der Waals surface area contributed by atoms with Crippen LogP contribution < -0.4 is 16.0 Å². The molecule has 0 spiro atoms. The minimum absolute atomic E-state index is 0.00346. The minimum Gasteiger partial charge on any atom is -0.353 e. The summed E-state index contributed by atoms with van der Waals surface area (Å²) in [6, 6.07) is 4.54. The first-order valence-electron chi connectivity index (χ1n) is 7.76. The van der Waals surface area contributed by atoms with E-state index in [1.807, 2.05) is 13.8 Å². The molecule has 1 unspecified atom stereocenters. The molecule has 2 amide bonds. The molecule has 1 rings (SSSR count). The van der Waals surface area contributed by atoms with Crippen LogP contribution in [0, 0.1) is 5.92 Å². The Morgan fingerprint density at radius 2 is 1.95 bits per heavy atom. The Labute approximate surface area is 132 Å². The molecule has 1 aromatic rings. The molecule has 6 heteroatoms. The summed E-state index contributed by atoms with van der Waals surface area (Å²) < 4.78 is 0. The third-order valence-corrected chi connectivity index (χ3v) is 3.16. The first-order chi connectivity index (χ1) is 10.6. The van der Waals surface area contributed by atoms with Crippen molar-refractivity contribution < 1.29 is 9.59 Å². The first kappa shape index (κ1) is 18.1. The number of rotatable bonds is 9. The molecular formula is C16H26N4O2. The van der Waals surface area contributed by atoms with Gasteiger partial charge in [0.05, 0.1) is 0 Å². The van der Waals surface area contributed by atoms with Gasteiger partial charge in [0.2, 0.25) is 5.91 Å². The molecule has 0 aliphatic carbocycles. The highest BCUT2D eigenvalue weighted by Gasteiger charge is 2.24. The molecule has 0 aliphatic rings. The Hall–Kier alpha value is -1.95. The van der Waals surface area contributed by atoms with Crippen molar-refractivity contribution in [1.29, 1.82) is 0 Å². The fraction of sp³-hybridized carbons (Fsp3) is 0.562. The number of hydrogen-bond donors (Lipinski definition) is 3. The molecule has 0 radical (unpaired) electrons. The molecule has 0 aromatic carbocycles. The minimum atomic E-state index is -0.569. The molecule has 3 N–H and O–H groups in total. The first-order valence-corrected chi connectivity index (χ1v) is 7.76. The number of hydrogen-bond acceptors (Lipinski definition) is 4. The zero-order chi connectivity index (χ0) is 16.4. The molecule has 1 aromatic heterocycles. The fourth-order valence-electron chi connectivity index (χ4n) is 1.93. The van der Waals surface area contributed by atoms with Gasteiger partial charge >= 0.3 is 0 Å². The molecule has 0 aliphatic heterocycles. The predicted octanol–water partition coefficient (Wildman–Crippen LogP) is 0.952. The summed E-state index contributed by atoms with van der Waals surface area (Å²) in [6.07, 6.45) is 2.61. The Morgan fingerprint density at radius 3 is 2.55 bits per heavy atom. The van der Waals surface area contributed by atoms with Crippen LogP contribution in [0.1, 0.15) is 37.7 Å². The number of carbonyl (C=O) groups is 2. The van der Waals surface area contributed by atoms with Gasteiger partial charge < -0.3 is 16.0 Å². The van der Waals surface area contributed by atoms with Gasteiger partial charge in [-0.2, -0.15) is 0 Å². The number of amides is 2. The van der Waals surface area contributed by atoms with Crippen LogP contribution in [0.4, 0.5) is 0 Å². The molecule has 6 nitrogen and oxygen atoms in total. The monoisotopic (exact) mass is 306 g/mol. The van der Waals surface area contributed by atoms with Gasteiger partial charge in [0.1, 0.15) is 11.7 Å². The second-order valence-corrected chi connectivity index (χ2v) is 5.45. The maximum atomic E-state index is 12.2. The van der Waals surface area contributed by atoms with E-state index in [1.54, 1.807) is 24.4 Å². The highest BCUT2D eigenvalue weighted by molar-refractivity contribution is 5.96. The van der Waals surface area contributed by atoms with Crippen LogP contribution in [0.15, 0.2) is 24.4 Å². The largest absolute Gasteiger partial charge is 0.353 e. The third-order valence-electron chi connectivity index (χ3n) is 3.16. The fourth-order valence-corrected chi connectivity index (χ4v) is 1.93. The van der Waals surface area contributed by atoms with Crippen molar-refractivity contribution in [2.75, 3.05) is 19.6 Å². The topological polar surface area (TPSA) is 83.1 Å².